The molecule has 2 aliphatic carbocycles. The summed E-state index contributed by atoms with van der Waals surface area (Å²) < 4.78 is 31.2. The molecule has 332 valence electrons. The molecule has 3 aromatic rings. The lowest BCUT2D eigenvalue weighted by molar-refractivity contribution is -0.143. The van der Waals surface area contributed by atoms with Crippen molar-refractivity contribution in [2.75, 3.05) is 31.3 Å². The predicted molar refractivity (Wildman–Crippen MR) is 236 cm³/mol. The summed E-state index contributed by atoms with van der Waals surface area (Å²) in [5.41, 5.74) is 2.51. The minimum atomic E-state index is -2.00. The number of aryl methyl sites for hydroxylation is 1. The minimum absolute atomic E-state index is 0.0551. The van der Waals surface area contributed by atoms with Crippen molar-refractivity contribution in [2.45, 2.75) is 127 Å². The molecule has 4 N–H and O–H groups in total. The van der Waals surface area contributed by atoms with E-state index in [1.54, 1.807) is 67.6 Å². The number of thiazole rings is 1. The SMILES string of the molecule is COc1cc(OCC2CCC(CSC(C)(C)C(NC(=O)C3(F)CC3)C(=O)N3C[C@H](O)C[C@H]3C(=O)NCc3ccc(-c4scnc4C)cc3)CC2)ccc1NC(=O)OC(C)(C)C. The summed E-state index contributed by atoms with van der Waals surface area (Å²) >= 11 is 3.13. The number of ether oxygens (including phenoxy) is 3. The maximum Gasteiger partial charge on any atom is 0.412 e. The van der Waals surface area contributed by atoms with Crippen LogP contribution < -0.4 is 25.4 Å². The second-order valence-corrected chi connectivity index (χ2v) is 20.6. The second kappa shape index (κ2) is 19.3. The highest BCUT2D eigenvalue weighted by Gasteiger charge is 2.54. The molecule has 0 spiro atoms. The number of hydrogen-bond donors (Lipinski definition) is 4. The highest BCUT2D eigenvalue weighted by Crippen LogP contribution is 2.42. The van der Waals surface area contributed by atoms with Crippen molar-refractivity contribution in [3.63, 3.8) is 0 Å². The Kier molecular flexibility index (Phi) is 14.6. The van der Waals surface area contributed by atoms with E-state index in [1.165, 1.54) is 12.0 Å². The Morgan fingerprint density at radius 3 is 2.34 bits per heavy atom. The van der Waals surface area contributed by atoms with Gasteiger partial charge in [0.2, 0.25) is 11.8 Å². The van der Waals surface area contributed by atoms with E-state index in [4.69, 9.17) is 14.2 Å². The number of nitrogens with zero attached hydrogens (tertiary/aromatic N) is 2. The van der Waals surface area contributed by atoms with E-state index >= 15 is 4.39 Å². The largest absolute Gasteiger partial charge is 0.494 e. The molecule has 2 aromatic carbocycles. The third-order valence-electron chi connectivity index (χ3n) is 11.6. The highest BCUT2D eigenvalue weighted by atomic mass is 32.2. The summed E-state index contributed by atoms with van der Waals surface area (Å²) in [6.07, 6.45) is 2.55. The zero-order chi connectivity index (χ0) is 44.1. The average molecular weight is 882 g/mol. The first-order valence-electron chi connectivity index (χ1n) is 21.0. The van der Waals surface area contributed by atoms with Gasteiger partial charge in [-0.1, -0.05) is 24.3 Å². The second-order valence-electron chi connectivity index (χ2n) is 18.1. The first kappa shape index (κ1) is 46.1. The van der Waals surface area contributed by atoms with Gasteiger partial charge in [-0.25, -0.2) is 14.2 Å². The number of β-amino-alcohol motifs (C(OH)–C–C–N with tert-alkyl or cyclic N) is 1. The number of carbonyl (C=O) groups excluding carboxylic acids is 4. The van der Waals surface area contributed by atoms with Gasteiger partial charge in [-0.2, -0.15) is 11.8 Å². The summed E-state index contributed by atoms with van der Waals surface area (Å²) in [5.74, 6) is 0.767. The molecule has 3 atom stereocenters. The smallest absolute Gasteiger partial charge is 0.412 e. The van der Waals surface area contributed by atoms with Crippen molar-refractivity contribution in [3.8, 4) is 21.9 Å². The topological polar surface area (TPSA) is 168 Å². The Bertz CT molecular complexity index is 2030. The number of aliphatic hydroxyl groups excluding tert-OH is 1. The number of halogens is 1. The van der Waals surface area contributed by atoms with Crippen LogP contribution in [-0.2, 0) is 25.7 Å². The maximum absolute atomic E-state index is 15.1. The number of benzene rings is 2. The number of alkyl halides is 1. The molecule has 1 aliphatic heterocycles. The Morgan fingerprint density at radius 1 is 1.03 bits per heavy atom. The number of hydrogen-bond acceptors (Lipinski definition) is 11. The number of anilines is 1. The Morgan fingerprint density at radius 2 is 1.72 bits per heavy atom. The van der Waals surface area contributed by atoms with Crippen molar-refractivity contribution < 1.29 is 42.9 Å². The fraction of sp³-hybridized carbons (Fsp3) is 0.578. The van der Waals surface area contributed by atoms with Gasteiger partial charge in [-0.15, -0.1) is 11.3 Å². The lowest BCUT2D eigenvalue weighted by atomic mass is 9.83. The first-order valence-corrected chi connectivity index (χ1v) is 22.9. The fourth-order valence-corrected chi connectivity index (χ4v) is 9.87. The van der Waals surface area contributed by atoms with Crippen LogP contribution in [0.15, 0.2) is 48.0 Å². The third-order valence-corrected chi connectivity index (χ3v) is 14.2. The summed E-state index contributed by atoms with van der Waals surface area (Å²) in [4.78, 5) is 60.3. The van der Waals surface area contributed by atoms with Crippen LogP contribution in [0.1, 0.15) is 90.8 Å². The number of rotatable bonds is 16. The van der Waals surface area contributed by atoms with Crippen molar-refractivity contribution >= 4 is 52.6 Å². The molecule has 3 fully saturated rings. The highest BCUT2D eigenvalue weighted by molar-refractivity contribution is 8.00. The summed E-state index contributed by atoms with van der Waals surface area (Å²) in [6, 6.07) is 11.0. The van der Waals surface area contributed by atoms with Crippen LogP contribution >= 0.6 is 23.1 Å². The number of aromatic nitrogens is 1. The Balaban J connectivity index is 1.02. The van der Waals surface area contributed by atoms with Crippen molar-refractivity contribution in [3.05, 3.63) is 59.2 Å². The molecule has 0 bridgehead atoms. The molecule has 13 nitrogen and oxygen atoms in total. The van der Waals surface area contributed by atoms with Crippen LogP contribution in [0.25, 0.3) is 10.4 Å². The van der Waals surface area contributed by atoms with Gasteiger partial charge < -0.3 is 34.9 Å². The van der Waals surface area contributed by atoms with E-state index in [2.05, 4.69) is 20.9 Å². The lowest BCUT2D eigenvalue weighted by Crippen LogP contribution is -2.61. The monoisotopic (exact) mass is 881 g/mol. The van der Waals surface area contributed by atoms with E-state index in [0.717, 1.165) is 53.1 Å². The number of thioether (sulfide) groups is 1. The van der Waals surface area contributed by atoms with Crippen LogP contribution in [0.2, 0.25) is 0 Å². The molecule has 3 aliphatic rings. The number of likely N-dealkylation sites (tertiary alicyclic amines) is 1. The summed E-state index contributed by atoms with van der Waals surface area (Å²) in [6.45, 7) is 11.8. The van der Waals surface area contributed by atoms with Gasteiger partial charge in [-0.05, 0) is 121 Å². The molecule has 6 rings (SSSR count). The number of methoxy groups -OCH3 is 1. The normalized spacial score (nSPS) is 21.6. The van der Waals surface area contributed by atoms with E-state index in [1.807, 2.05) is 45.0 Å². The van der Waals surface area contributed by atoms with Gasteiger partial charge in [0, 0.05) is 30.3 Å². The zero-order valence-corrected chi connectivity index (χ0v) is 37.8. The van der Waals surface area contributed by atoms with Gasteiger partial charge in [0.25, 0.3) is 5.91 Å². The van der Waals surface area contributed by atoms with E-state index in [9.17, 15) is 24.3 Å². The fourth-order valence-electron chi connectivity index (χ4n) is 7.73. The quantitative estimate of drug-likeness (QED) is 0.114. The zero-order valence-electron chi connectivity index (χ0n) is 36.2. The molecule has 16 heteroatoms. The van der Waals surface area contributed by atoms with Crippen LogP contribution in [0.3, 0.4) is 0 Å². The predicted octanol–water partition coefficient (Wildman–Crippen LogP) is 7.44. The molecule has 1 aromatic heterocycles. The van der Waals surface area contributed by atoms with Crippen molar-refractivity contribution in [1.82, 2.24) is 20.5 Å². The van der Waals surface area contributed by atoms with Crippen LogP contribution in [0.5, 0.6) is 11.5 Å². The molecule has 1 unspecified atom stereocenters. The first-order chi connectivity index (χ1) is 28.8. The van der Waals surface area contributed by atoms with Gasteiger partial charge in [-0.3, -0.25) is 19.7 Å². The van der Waals surface area contributed by atoms with Gasteiger partial charge in [0.1, 0.15) is 29.2 Å². The lowest BCUT2D eigenvalue weighted by Gasteiger charge is -2.38. The van der Waals surface area contributed by atoms with Crippen LogP contribution in [0, 0.1) is 18.8 Å². The van der Waals surface area contributed by atoms with Crippen molar-refractivity contribution in [1.29, 1.82) is 0 Å². The Labute approximate surface area is 366 Å². The van der Waals surface area contributed by atoms with E-state index in [-0.39, 0.29) is 32.4 Å². The van der Waals surface area contributed by atoms with Crippen molar-refractivity contribution in [2.24, 2.45) is 11.8 Å². The molecule has 4 amide bonds. The number of nitrogens with one attached hydrogen (secondary N) is 3. The maximum atomic E-state index is 15.1. The van der Waals surface area contributed by atoms with E-state index in [0.29, 0.717) is 35.6 Å². The standard InChI is InChI=1S/C45H60FN5O8S2/c1-27-37(60-26-48-27)31-14-12-28(13-15-31)22-47-39(53)35-20-32(52)23-51(35)40(54)38(50-41(55)45(46)18-19-45)44(5,6)61-25-30-10-8-29(9-11-30)24-58-33-16-17-34(36(21-33)57-7)49-42(56)59-43(2,3)4/h12-17,21,26,29-30,32,35,38,52H,8-11,18-20,22-25H2,1-7H3,(H,47,53)(H,49,56)(H,50,55)/t29?,30?,32-,35+,38?/m1/s1. The van der Waals surface area contributed by atoms with E-state index < -0.39 is 58.0 Å². The number of amides is 4. The minimum Gasteiger partial charge on any atom is -0.494 e. The molecule has 2 heterocycles. The molecule has 2 saturated carbocycles. The molecular formula is C45H60FN5O8S2. The molecule has 0 radical (unpaired) electrons. The molecular weight excluding hydrogens is 822 g/mol. The Hall–Kier alpha value is -4.41. The molecule has 61 heavy (non-hydrogen) atoms. The third kappa shape index (κ3) is 12.2. The van der Waals surface area contributed by atoms with Gasteiger partial charge >= 0.3 is 6.09 Å². The number of carbonyl (C=O) groups is 4. The van der Waals surface area contributed by atoms with Gasteiger partial charge in [0.15, 0.2) is 5.67 Å². The summed E-state index contributed by atoms with van der Waals surface area (Å²) in [5, 5.41) is 19.1. The molecule has 1 saturated heterocycles. The summed E-state index contributed by atoms with van der Waals surface area (Å²) in [7, 11) is 1.53. The number of aliphatic hydroxyl groups is 1. The van der Waals surface area contributed by atoms with Crippen LogP contribution in [-0.4, -0.2) is 99.0 Å². The van der Waals surface area contributed by atoms with Gasteiger partial charge in [0.05, 0.1) is 41.6 Å². The van der Waals surface area contributed by atoms with Crippen LogP contribution in [0.4, 0.5) is 14.9 Å². The average Bonchev–Trinajstić information content (AvgIpc) is 3.63.